The van der Waals surface area contributed by atoms with Crippen LogP contribution in [0.4, 0.5) is 0 Å². The molecule has 37 heavy (non-hydrogen) atoms. The fraction of sp³-hybridized carbons (Fsp3) is 0.333. The lowest BCUT2D eigenvalue weighted by Crippen LogP contribution is -2.49. The number of amides is 1. The number of aromatic amines is 2. The van der Waals surface area contributed by atoms with E-state index >= 15 is 0 Å². The number of nitrogens with one attached hydrogen (secondary N) is 2. The molecule has 190 valence electrons. The standard InChI is InChI=1S/C30H34N6O/c1-35(2)28(37)30(25-14-8-4-9-15-25,26-16-10-5-11-17-26)20-23-36-21-18-29(19-22-36,27-31-33-34-32-27)24-12-6-3-7-13-24/h3-17H,18-23H2,1-2H3,(H,31,32,33,34)/p+1. The number of H-pyrrole nitrogens is 2. The van der Waals surface area contributed by atoms with Crippen LogP contribution in [0.2, 0.25) is 0 Å². The summed E-state index contributed by atoms with van der Waals surface area (Å²) >= 11 is 0. The number of hydrogen-bond acceptors (Lipinski definition) is 4. The van der Waals surface area contributed by atoms with Crippen molar-refractivity contribution in [2.75, 3.05) is 33.7 Å². The van der Waals surface area contributed by atoms with E-state index in [-0.39, 0.29) is 11.3 Å². The number of hydrogen-bond donors (Lipinski definition) is 1. The number of nitrogens with zero attached hydrogens (tertiary/aromatic N) is 4. The van der Waals surface area contributed by atoms with E-state index in [1.807, 2.05) is 56.6 Å². The molecule has 2 heterocycles. The van der Waals surface area contributed by atoms with Gasteiger partial charge in [0, 0.05) is 14.1 Å². The Morgan fingerprint density at radius 3 is 1.95 bits per heavy atom. The predicted molar refractivity (Wildman–Crippen MR) is 143 cm³/mol. The number of tetrazole rings is 1. The van der Waals surface area contributed by atoms with Gasteiger partial charge in [0.05, 0.1) is 5.41 Å². The van der Waals surface area contributed by atoms with Crippen molar-refractivity contribution >= 4 is 5.91 Å². The molecule has 5 rings (SSSR count). The van der Waals surface area contributed by atoms with Crippen LogP contribution in [0.5, 0.6) is 0 Å². The van der Waals surface area contributed by atoms with Gasteiger partial charge >= 0.3 is 5.82 Å². The molecule has 0 aliphatic carbocycles. The van der Waals surface area contributed by atoms with Crippen LogP contribution in [0.25, 0.3) is 0 Å². The second-order valence-electron chi connectivity index (χ2n) is 10.2. The number of aromatic nitrogens is 4. The summed E-state index contributed by atoms with van der Waals surface area (Å²) in [6.45, 7) is 2.63. The lowest BCUT2D eigenvalue weighted by atomic mass is 9.70. The molecule has 0 bridgehead atoms. The van der Waals surface area contributed by atoms with Gasteiger partial charge in [-0.25, -0.2) is 0 Å². The third-order valence-corrected chi connectivity index (χ3v) is 7.97. The fourth-order valence-electron chi connectivity index (χ4n) is 5.93. The predicted octanol–water partition coefficient (Wildman–Crippen LogP) is 3.47. The number of piperidine rings is 1. The average molecular weight is 496 g/mol. The summed E-state index contributed by atoms with van der Waals surface area (Å²) in [6.07, 6.45) is 2.54. The highest BCUT2D eigenvalue weighted by Gasteiger charge is 2.46. The molecule has 0 saturated carbocycles. The van der Waals surface area contributed by atoms with Gasteiger partial charge in [-0.05, 0) is 55.6 Å². The molecular weight excluding hydrogens is 460 g/mol. The van der Waals surface area contributed by atoms with E-state index in [2.05, 4.69) is 74.1 Å². The van der Waals surface area contributed by atoms with Gasteiger partial charge in [0.25, 0.3) is 0 Å². The minimum absolute atomic E-state index is 0.109. The number of likely N-dealkylation sites (tertiary alicyclic amines) is 1. The van der Waals surface area contributed by atoms with Gasteiger partial charge in [0.1, 0.15) is 10.5 Å². The molecule has 1 aliphatic heterocycles. The summed E-state index contributed by atoms with van der Waals surface area (Å²) in [5.41, 5.74) is 2.37. The molecule has 2 N–H and O–H groups in total. The first-order valence-corrected chi connectivity index (χ1v) is 13.0. The van der Waals surface area contributed by atoms with Crippen molar-refractivity contribution in [3.8, 4) is 0 Å². The Hall–Kier alpha value is -3.84. The van der Waals surface area contributed by atoms with Crippen molar-refractivity contribution in [2.45, 2.75) is 30.1 Å². The Balaban J connectivity index is 1.43. The zero-order chi connectivity index (χ0) is 25.7. The summed E-state index contributed by atoms with van der Waals surface area (Å²) in [6, 6.07) is 31.1. The summed E-state index contributed by atoms with van der Waals surface area (Å²) in [4.78, 5) is 18.2. The Morgan fingerprint density at radius 1 is 0.919 bits per heavy atom. The first-order valence-electron chi connectivity index (χ1n) is 13.0. The minimum Gasteiger partial charge on any atom is -0.348 e. The Kier molecular flexibility index (Phi) is 7.15. The fourth-order valence-corrected chi connectivity index (χ4v) is 5.93. The van der Waals surface area contributed by atoms with Crippen molar-refractivity contribution in [2.24, 2.45) is 0 Å². The minimum atomic E-state index is -0.750. The third kappa shape index (κ3) is 4.67. The smallest absolute Gasteiger partial charge is 0.308 e. The average Bonchev–Trinajstić information content (AvgIpc) is 3.51. The number of benzene rings is 3. The lowest BCUT2D eigenvalue weighted by molar-refractivity contribution is -0.472. The molecule has 0 radical (unpaired) electrons. The Labute approximate surface area is 218 Å². The quantitative estimate of drug-likeness (QED) is 0.406. The number of rotatable bonds is 8. The molecule has 1 fully saturated rings. The summed E-state index contributed by atoms with van der Waals surface area (Å²) in [7, 11) is 3.71. The molecule has 0 atom stereocenters. The highest BCUT2D eigenvalue weighted by atomic mass is 16.2. The molecular formula is C30H35N6O+. The van der Waals surface area contributed by atoms with Crippen molar-refractivity contribution in [1.82, 2.24) is 25.3 Å². The van der Waals surface area contributed by atoms with Crippen LogP contribution in [0, 0.1) is 0 Å². The van der Waals surface area contributed by atoms with Crippen molar-refractivity contribution < 1.29 is 9.89 Å². The molecule has 3 aromatic carbocycles. The summed E-state index contributed by atoms with van der Waals surface area (Å²) in [5.74, 6) is 0.988. The molecule has 7 heteroatoms. The Morgan fingerprint density at radius 2 is 1.46 bits per heavy atom. The van der Waals surface area contributed by atoms with E-state index < -0.39 is 5.41 Å². The second-order valence-corrected chi connectivity index (χ2v) is 10.2. The molecule has 1 aliphatic rings. The highest BCUT2D eigenvalue weighted by molar-refractivity contribution is 5.91. The van der Waals surface area contributed by atoms with Gasteiger partial charge in [0.15, 0.2) is 5.21 Å². The SMILES string of the molecule is CN(C)C(=O)C(CCN1CCC(c2ccccc2)(c2nn[nH][nH+]2)CC1)(c1ccccc1)c1ccccc1. The highest BCUT2D eigenvalue weighted by Crippen LogP contribution is 2.41. The third-order valence-electron chi connectivity index (χ3n) is 7.97. The maximum absolute atomic E-state index is 14.0. The van der Waals surface area contributed by atoms with Crippen molar-refractivity contribution in [3.63, 3.8) is 0 Å². The second kappa shape index (κ2) is 10.6. The monoisotopic (exact) mass is 495 g/mol. The lowest BCUT2D eigenvalue weighted by Gasteiger charge is -2.41. The normalized spacial score (nSPS) is 15.8. The maximum Gasteiger partial charge on any atom is 0.308 e. The van der Waals surface area contributed by atoms with Crippen LogP contribution in [0.1, 0.15) is 41.8 Å². The van der Waals surface area contributed by atoms with Gasteiger partial charge < -0.3 is 9.80 Å². The molecule has 1 amide bonds. The zero-order valence-corrected chi connectivity index (χ0v) is 21.6. The topological polar surface area (TPSA) is 79.3 Å². The summed E-state index contributed by atoms with van der Waals surface area (Å²) < 4.78 is 0. The molecule has 1 saturated heterocycles. The molecule has 0 spiro atoms. The van der Waals surface area contributed by atoms with Crippen molar-refractivity contribution in [1.29, 1.82) is 0 Å². The first-order chi connectivity index (χ1) is 18.1. The molecule has 1 aromatic heterocycles. The molecule has 7 nitrogen and oxygen atoms in total. The molecule has 4 aromatic rings. The van der Waals surface area contributed by atoms with Crippen LogP contribution in [0.15, 0.2) is 91.0 Å². The van der Waals surface area contributed by atoms with E-state index in [1.165, 1.54) is 5.56 Å². The van der Waals surface area contributed by atoms with Gasteiger partial charge in [-0.3, -0.25) is 4.79 Å². The number of carbonyl (C=O) groups is 1. The van der Waals surface area contributed by atoms with Crippen LogP contribution >= 0.6 is 0 Å². The molecule has 0 unspecified atom stereocenters. The number of carbonyl (C=O) groups excluding carboxylic acids is 1. The van der Waals surface area contributed by atoms with E-state index in [0.717, 1.165) is 49.4 Å². The summed E-state index contributed by atoms with van der Waals surface area (Å²) in [5, 5.41) is 14.3. The maximum atomic E-state index is 14.0. The first kappa shape index (κ1) is 24.8. The number of likely N-dealkylation sites (N-methyl/N-ethyl adjacent to an activating group) is 1. The van der Waals surface area contributed by atoms with Crippen molar-refractivity contribution in [3.05, 3.63) is 114 Å². The van der Waals surface area contributed by atoms with E-state index in [9.17, 15) is 4.79 Å². The van der Waals surface area contributed by atoms with E-state index in [1.54, 1.807) is 4.90 Å². The van der Waals surface area contributed by atoms with Gasteiger partial charge in [-0.1, -0.05) is 96.2 Å². The van der Waals surface area contributed by atoms with Gasteiger partial charge in [-0.2, -0.15) is 5.10 Å². The van der Waals surface area contributed by atoms with Gasteiger partial charge in [0.2, 0.25) is 5.91 Å². The van der Waals surface area contributed by atoms with Gasteiger partial charge in [-0.15, -0.1) is 0 Å². The van der Waals surface area contributed by atoms with Crippen LogP contribution in [-0.2, 0) is 15.6 Å². The Bertz CT molecular complexity index is 1230. The van der Waals surface area contributed by atoms with E-state index in [4.69, 9.17) is 0 Å². The van der Waals surface area contributed by atoms with Crippen LogP contribution < -0.4 is 5.10 Å². The van der Waals surface area contributed by atoms with E-state index in [0.29, 0.717) is 6.42 Å². The van der Waals surface area contributed by atoms with Crippen LogP contribution in [-0.4, -0.2) is 65.0 Å². The van der Waals surface area contributed by atoms with Crippen LogP contribution in [0.3, 0.4) is 0 Å². The largest absolute Gasteiger partial charge is 0.348 e. The zero-order valence-electron chi connectivity index (χ0n) is 21.6.